The van der Waals surface area contributed by atoms with Crippen molar-refractivity contribution < 1.29 is 9.47 Å². The number of para-hydroxylation sites is 1. The average Bonchev–Trinajstić information content (AvgIpc) is 3.43. The number of hydrogen-bond acceptors (Lipinski definition) is 2. The Morgan fingerprint density at radius 3 is 1.75 bits per heavy atom. The molecule has 136 valence electrons. The lowest BCUT2D eigenvalue weighted by Gasteiger charge is -2.06. The van der Waals surface area contributed by atoms with Crippen LogP contribution in [0.1, 0.15) is 83.5 Å². The van der Waals surface area contributed by atoms with Crippen LogP contribution in [0.2, 0.25) is 0 Å². The zero-order chi connectivity index (χ0) is 16.7. The number of rotatable bonds is 16. The van der Waals surface area contributed by atoms with E-state index in [0.29, 0.717) is 6.10 Å². The SMILES string of the molecule is c1ccc(OCCCCCCCCCCCCCCC2CO2)cc1. The summed E-state index contributed by atoms with van der Waals surface area (Å²) >= 11 is 0. The van der Waals surface area contributed by atoms with Gasteiger partial charge in [0.05, 0.1) is 19.3 Å². The minimum absolute atomic E-state index is 0.634. The van der Waals surface area contributed by atoms with Crippen molar-refractivity contribution >= 4 is 0 Å². The van der Waals surface area contributed by atoms with Crippen molar-refractivity contribution in [1.82, 2.24) is 0 Å². The van der Waals surface area contributed by atoms with E-state index in [1.165, 1.54) is 83.5 Å². The number of hydrogen-bond donors (Lipinski definition) is 0. The molecule has 0 spiro atoms. The van der Waals surface area contributed by atoms with E-state index in [-0.39, 0.29) is 0 Å². The molecule has 1 atom stereocenters. The molecule has 0 aromatic heterocycles. The molecule has 2 heteroatoms. The van der Waals surface area contributed by atoms with Gasteiger partial charge in [0.25, 0.3) is 0 Å². The molecular weight excluding hydrogens is 296 g/mol. The monoisotopic (exact) mass is 332 g/mol. The third-order valence-corrected chi connectivity index (χ3v) is 4.83. The molecule has 0 amide bonds. The Kier molecular flexibility index (Phi) is 10.7. The zero-order valence-corrected chi connectivity index (χ0v) is 15.4. The van der Waals surface area contributed by atoms with Gasteiger partial charge in [-0.15, -0.1) is 0 Å². The zero-order valence-electron chi connectivity index (χ0n) is 15.4. The summed E-state index contributed by atoms with van der Waals surface area (Å²) in [5.41, 5.74) is 0. The molecule has 1 heterocycles. The highest BCUT2D eigenvalue weighted by atomic mass is 16.6. The Morgan fingerprint density at radius 2 is 1.21 bits per heavy atom. The van der Waals surface area contributed by atoms with Crippen LogP contribution in [0.5, 0.6) is 5.75 Å². The number of benzene rings is 1. The Labute approximate surface area is 148 Å². The highest BCUT2D eigenvalue weighted by Crippen LogP contribution is 2.18. The van der Waals surface area contributed by atoms with Crippen LogP contribution in [0.3, 0.4) is 0 Å². The molecule has 0 radical (unpaired) electrons. The van der Waals surface area contributed by atoms with Crippen molar-refractivity contribution in [2.45, 2.75) is 89.6 Å². The molecule has 1 fully saturated rings. The highest BCUT2D eigenvalue weighted by Gasteiger charge is 2.20. The van der Waals surface area contributed by atoms with Gasteiger partial charge in [-0.05, 0) is 25.0 Å². The van der Waals surface area contributed by atoms with E-state index in [2.05, 4.69) is 0 Å². The summed E-state index contributed by atoms with van der Waals surface area (Å²) in [6.45, 7) is 1.89. The van der Waals surface area contributed by atoms with Gasteiger partial charge in [-0.2, -0.15) is 0 Å². The lowest BCUT2D eigenvalue weighted by molar-refractivity contribution is 0.304. The maximum absolute atomic E-state index is 5.72. The molecule has 0 aliphatic carbocycles. The first-order valence-electron chi connectivity index (χ1n) is 10.2. The van der Waals surface area contributed by atoms with E-state index in [1.807, 2.05) is 30.3 Å². The maximum Gasteiger partial charge on any atom is 0.119 e. The van der Waals surface area contributed by atoms with Crippen LogP contribution in [-0.2, 0) is 4.74 Å². The molecule has 1 aromatic rings. The molecule has 1 unspecified atom stereocenters. The van der Waals surface area contributed by atoms with E-state index >= 15 is 0 Å². The summed E-state index contributed by atoms with van der Waals surface area (Å²) in [7, 11) is 0. The number of unbranched alkanes of at least 4 members (excludes halogenated alkanes) is 11. The normalized spacial score (nSPS) is 16.2. The van der Waals surface area contributed by atoms with Crippen molar-refractivity contribution in [3.8, 4) is 5.75 Å². The van der Waals surface area contributed by atoms with E-state index in [4.69, 9.17) is 9.47 Å². The van der Waals surface area contributed by atoms with Gasteiger partial charge in [0.2, 0.25) is 0 Å². The lowest BCUT2D eigenvalue weighted by Crippen LogP contribution is -1.96. The van der Waals surface area contributed by atoms with Crippen molar-refractivity contribution in [2.75, 3.05) is 13.2 Å². The van der Waals surface area contributed by atoms with Gasteiger partial charge in [-0.25, -0.2) is 0 Å². The molecule has 1 aliphatic rings. The molecular formula is C22H36O2. The van der Waals surface area contributed by atoms with Crippen molar-refractivity contribution in [3.05, 3.63) is 30.3 Å². The summed E-state index contributed by atoms with van der Waals surface area (Å²) in [6, 6.07) is 10.1. The first-order chi connectivity index (χ1) is 11.9. The Hall–Kier alpha value is -1.02. The van der Waals surface area contributed by atoms with Crippen LogP contribution in [0.25, 0.3) is 0 Å². The van der Waals surface area contributed by atoms with Gasteiger partial charge in [-0.3, -0.25) is 0 Å². The van der Waals surface area contributed by atoms with Gasteiger partial charge < -0.3 is 9.47 Å². The molecule has 2 nitrogen and oxygen atoms in total. The lowest BCUT2D eigenvalue weighted by atomic mass is 10.0. The fourth-order valence-electron chi connectivity index (χ4n) is 3.18. The van der Waals surface area contributed by atoms with Crippen molar-refractivity contribution in [3.63, 3.8) is 0 Å². The summed E-state index contributed by atoms with van der Waals surface area (Å²) in [4.78, 5) is 0. The largest absolute Gasteiger partial charge is 0.494 e. The smallest absolute Gasteiger partial charge is 0.119 e. The predicted octanol–water partition coefficient (Wildman–Crippen LogP) is 6.54. The standard InChI is InChI=1S/C22H36O2/c1(3-5-7-9-12-18-22-20-24-22)2-4-6-8-10-15-19-23-21-16-13-11-14-17-21/h11,13-14,16-17,22H,1-10,12,15,18-20H2. The molecule has 2 rings (SSSR count). The van der Waals surface area contributed by atoms with Crippen LogP contribution >= 0.6 is 0 Å². The Bertz CT molecular complexity index is 386. The quantitative estimate of drug-likeness (QED) is 0.253. The van der Waals surface area contributed by atoms with Crippen molar-refractivity contribution in [1.29, 1.82) is 0 Å². The molecule has 0 N–H and O–H groups in total. The highest BCUT2D eigenvalue weighted by molar-refractivity contribution is 5.20. The molecule has 1 aromatic carbocycles. The maximum atomic E-state index is 5.72. The van der Waals surface area contributed by atoms with Crippen LogP contribution in [-0.4, -0.2) is 19.3 Å². The first-order valence-corrected chi connectivity index (χ1v) is 10.2. The van der Waals surface area contributed by atoms with Crippen LogP contribution in [0.15, 0.2) is 30.3 Å². The van der Waals surface area contributed by atoms with E-state index < -0.39 is 0 Å². The Morgan fingerprint density at radius 1 is 0.708 bits per heavy atom. The second kappa shape index (κ2) is 13.3. The van der Waals surface area contributed by atoms with Gasteiger partial charge >= 0.3 is 0 Å². The summed E-state index contributed by atoms with van der Waals surface area (Å²) < 4.78 is 11.0. The molecule has 1 aliphatic heterocycles. The molecule has 0 bridgehead atoms. The molecule has 1 saturated heterocycles. The van der Waals surface area contributed by atoms with Gasteiger partial charge in [0.15, 0.2) is 0 Å². The Balaban J connectivity index is 1.23. The summed E-state index contributed by atoms with van der Waals surface area (Å²) in [5.74, 6) is 0.998. The third-order valence-electron chi connectivity index (χ3n) is 4.83. The fourth-order valence-corrected chi connectivity index (χ4v) is 3.18. The molecule has 0 saturated carbocycles. The first kappa shape index (κ1) is 19.3. The van der Waals surface area contributed by atoms with Gasteiger partial charge in [-0.1, -0.05) is 88.8 Å². The third kappa shape index (κ3) is 10.7. The molecule has 24 heavy (non-hydrogen) atoms. The van der Waals surface area contributed by atoms with Crippen molar-refractivity contribution in [2.24, 2.45) is 0 Å². The second-order valence-electron chi connectivity index (χ2n) is 7.15. The summed E-state index contributed by atoms with van der Waals surface area (Å²) in [6.07, 6.45) is 18.5. The second-order valence-corrected chi connectivity index (χ2v) is 7.15. The van der Waals surface area contributed by atoms with Crippen LogP contribution < -0.4 is 4.74 Å². The number of ether oxygens (including phenoxy) is 2. The minimum atomic E-state index is 0.634. The van der Waals surface area contributed by atoms with Gasteiger partial charge in [0, 0.05) is 0 Å². The average molecular weight is 333 g/mol. The van der Waals surface area contributed by atoms with E-state index in [1.54, 1.807) is 0 Å². The minimum Gasteiger partial charge on any atom is -0.494 e. The van der Waals surface area contributed by atoms with E-state index in [0.717, 1.165) is 19.0 Å². The number of epoxide rings is 1. The van der Waals surface area contributed by atoms with Crippen LogP contribution in [0, 0.1) is 0 Å². The topological polar surface area (TPSA) is 21.8 Å². The van der Waals surface area contributed by atoms with E-state index in [9.17, 15) is 0 Å². The van der Waals surface area contributed by atoms with Gasteiger partial charge in [0.1, 0.15) is 5.75 Å². The van der Waals surface area contributed by atoms with Crippen LogP contribution in [0.4, 0.5) is 0 Å². The predicted molar refractivity (Wildman–Crippen MR) is 102 cm³/mol. The summed E-state index contributed by atoms with van der Waals surface area (Å²) in [5, 5.41) is 0. The fraction of sp³-hybridized carbons (Fsp3) is 0.727.